The molecule has 0 aromatic rings. The Morgan fingerprint density at radius 2 is 1.57 bits per heavy atom. The molecule has 0 aromatic heterocycles. The van der Waals surface area contributed by atoms with E-state index in [-0.39, 0.29) is 16.9 Å². The van der Waals surface area contributed by atoms with Gasteiger partial charge >= 0.3 is 0 Å². The highest BCUT2D eigenvalue weighted by molar-refractivity contribution is 8.00. The Labute approximate surface area is 181 Å². The standard InChI is InChI=1S/C21H43N3O2S2/c1-20(2,3)18(25)17-28-14-8-12-24(13-10-22-7)19(26)9-15-27-16-11-23-21(4,5)6/h22-23H,8-17H2,1-7H3. The first kappa shape index (κ1) is 27.8. The molecule has 0 radical (unpaired) electrons. The number of ketones is 1. The van der Waals surface area contributed by atoms with Crippen LogP contribution in [0.2, 0.25) is 0 Å². The highest BCUT2D eigenvalue weighted by Gasteiger charge is 2.20. The van der Waals surface area contributed by atoms with E-state index in [9.17, 15) is 9.59 Å². The summed E-state index contributed by atoms with van der Waals surface area (Å²) >= 11 is 3.51. The zero-order valence-electron chi connectivity index (χ0n) is 19.2. The lowest BCUT2D eigenvalue weighted by atomic mass is 9.92. The molecular weight excluding hydrogens is 390 g/mol. The average Bonchev–Trinajstić information content (AvgIpc) is 2.58. The van der Waals surface area contributed by atoms with Crippen LogP contribution in [0.3, 0.4) is 0 Å². The number of carbonyl (C=O) groups excluding carboxylic acids is 2. The fraction of sp³-hybridized carbons (Fsp3) is 0.905. The average molecular weight is 434 g/mol. The van der Waals surface area contributed by atoms with Crippen LogP contribution in [0.4, 0.5) is 0 Å². The summed E-state index contributed by atoms with van der Waals surface area (Å²) in [4.78, 5) is 26.5. The number of carbonyl (C=O) groups is 2. The van der Waals surface area contributed by atoms with E-state index in [0.717, 1.165) is 49.9 Å². The fourth-order valence-corrected chi connectivity index (χ4v) is 4.13. The summed E-state index contributed by atoms with van der Waals surface area (Å²) in [5, 5.41) is 6.59. The third-order valence-electron chi connectivity index (χ3n) is 4.13. The number of Topliss-reactive ketones (excluding diaryl/α,β-unsaturated/α-hetero) is 1. The maximum absolute atomic E-state index is 12.6. The van der Waals surface area contributed by atoms with E-state index in [2.05, 4.69) is 31.4 Å². The first-order chi connectivity index (χ1) is 13.0. The second-order valence-electron chi connectivity index (χ2n) is 9.10. The fourth-order valence-electron chi connectivity index (χ4n) is 2.26. The zero-order valence-corrected chi connectivity index (χ0v) is 20.8. The number of nitrogens with one attached hydrogen (secondary N) is 2. The first-order valence-electron chi connectivity index (χ1n) is 10.3. The van der Waals surface area contributed by atoms with Crippen LogP contribution < -0.4 is 10.6 Å². The lowest BCUT2D eigenvalue weighted by Gasteiger charge is -2.23. The molecule has 2 N–H and O–H groups in total. The summed E-state index contributed by atoms with van der Waals surface area (Å²) < 4.78 is 0. The molecule has 28 heavy (non-hydrogen) atoms. The molecule has 0 fully saturated rings. The van der Waals surface area contributed by atoms with Gasteiger partial charge in [0.1, 0.15) is 5.78 Å². The van der Waals surface area contributed by atoms with Crippen molar-refractivity contribution in [1.82, 2.24) is 15.5 Å². The van der Waals surface area contributed by atoms with Gasteiger partial charge in [0.15, 0.2) is 0 Å². The normalized spacial score (nSPS) is 12.2. The molecule has 0 saturated heterocycles. The monoisotopic (exact) mass is 433 g/mol. The third-order valence-corrected chi connectivity index (χ3v) is 6.16. The van der Waals surface area contributed by atoms with Crippen LogP contribution in [0, 0.1) is 5.41 Å². The van der Waals surface area contributed by atoms with Gasteiger partial charge in [0.05, 0.1) is 5.75 Å². The highest BCUT2D eigenvalue weighted by atomic mass is 32.2. The van der Waals surface area contributed by atoms with Gasteiger partial charge in [-0.15, -0.1) is 0 Å². The van der Waals surface area contributed by atoms with Crippen LogP contribution in [-0.2, 0) is 9.59 Å². The summed E-state index contributed by atoms with van der Waals surface area (Å²) in [6.07, 6.45) is 1.53. The molecule has 0 aliphatic heterocycles. The van der Waals surface area contributed by atoms with E-state index in [1.54, 1.807) is 11.8 Å². The van der Waals surface area contributed by atoms with Crippen LogP contribution in [0.1, 0.15) is 54.4 Å². The van der Waals surface area contributed by atoms with Crippen molar-refractivity contribution in [3.8, 4) is 0 Å². The number of hydrogen-bond donors (Lipinski definition) is 2. The minimum Gasteiger partial charge on any atom is -0.341 e. The molecule has 0 aromatic carbocycles. The Hall–Kier alpha value is -0.240. The van der Waals surface area contributed by atoms with Crippen molar-refractivity contribution in [3.63, 3.8) is 0 Å². The van der Waals surface area contributed by atoms with Crippen molar-refractivity contribution in [2.75, 3.05) is 56.2 Å². The summed E-state index contributed by atoms with van der Waals surface area (Å²) in [5.41, 5.74) is -0.113. The van der Waals surface area contributed by atoms with Gasteiger partial charge in [-0.25, -0.2) is 0 Å². The van der Waals surface area contributed by atoms with Gasteiger partial charge in [-0.05, 0) is 40.0 Å². The van der Waals surface area contributed by atoms with Crippen LogP contribution in [0.25, 0.3) is 0 Å². The Morgan fingerprint density at radius 3 is 2.14 bits per heavy atom. The van der Waals surface area contributed by atoms with Crippen LogP contribution >= 0.6 is 23.5 Å². The second-order valence-corrected chi connectivity index (χ2v) is 11.4. The van der Waals surface area contributed by atoms with Gasteiger partial charge in [0.25, 0.3) is 0 Å². The first-order valence-corrected chi connectivity index (χ1v) is 12.6. The number of thioether (sulfide) groups is 2. The predicted molar refractivity (Wildman–Crippen MR) is 127 cm³/mol. The van der Waals surface area contributed by atoms with Crippen molar-refractivity contribution in [1.29, 1.82) is 0 Å². The smallest absolute Gasteiger partial charge is 0.223 e. The van der Waals surface area contributed by atoms with Crippen molar-refractivity contribution in [2.24, 2.45) is 5.41 Å². The van der Waals surface area contributed by atoms with E-state index in [0.29, 0.717) is 18.0 Å². The number of hydrogen-bond acceptors (Lipinski definition) is 6. The van der Waals surface area contributed by atoms with E-state index in [1.165, 1.54) is 0 Å². The van der Waals surface area contributed by atoms with Crippen molar-refractivity contribution < 1.29 is 9.59 Å². The van der Waals surface area contributed by atoms with E-state index in [4.69, 9.17) is 0 Å². The second kappa shape index (κ2) is 14.7. The quantitative estimate of drug-likeness (QED) is 0.387. The molecule has 166 valence electrons. The van der Waals surface area contributed by atoms with Gasteiger partial charge in [-0.1, -0.05) is 20.8 Å². The molecule has 0 heterocycles. The van der Waals surface area contributed by atoms with Gasteiger partial charge < -0.3 is 15.5 Å². The van der Waals surface area contributed by atoms with Gasteiger partial charge in [-0.2, -0.15) is 23.5 Å². The minimum atomic E-state index is -0.262. The third kappa shape index (κ3) is 15.7. The zero-order chi connectivity index (χ0) is 21.6. The molecule has 7 heteroatoms. The van der Waals surface area contributed by atoms with Crippen molar-refractivity contribution >= 4 is 35.2 Å². The Kier molecular flexibility index (Phi) is 14.6. The Balaban J connectivity index is 4.07. The van der Waals surface area contributed by atoms with E-state index >= 15 is 0 Å². The summed E-state index contributed by atoms with van der Waals surface area (Å²) in [7, 11) is 1.91. The van der Waals surface area contributed by atoms with E-state index in [1.807, 2.05) is 44.5 Å². The van der Waals surface area contributed by atoms with Crippen molar-refractivity contribution in [3.05, 3.63) is 0 Å². The predicted octanol–water partition coefficient (Wildman–Crippen LogP) is 3.28. The molecule has 0 aliphatic carbocycles. The molecule has 0 saturated carbocycles. The summed E-state index contributed by atoms with van der Waals surface area (Å²) in [6.45, 7) is 15.7. The molecule has 0 spiro atoms. The maximum atomic E-state index is 12.6. The number of amides is 1. The number of likely N-dealkylation sites (N-methyl/N-ethyl adjacent to an activating group) is 1. The molecule has 1 amide bonds. The van der Waals surface area contributed by atoms with Crippen molar-refractivity contribution in [2.45, 2.75) is 59.9 Å². The van der Waals surface area contributed by atoms with E-state index < -0.39 is 0 Å². The molecule has 0 aliphatic rings. The molecular formula is C21H43N3O2S2. The maximum Gasteiger partial charge on any atom is 0.223 e. The molecule has 5 nitrogen and oxygen atoms in total. The molecule has 0 unspecified atom stereocenters. The van der Waals surface area contributed by atoms with Crippen LogP contribution in [0.5, 0.6) is 0 Å². The van der Waals surface area contributed by atoms with Gasteiger partial charge in [-0.3, -0.25) is 9.59 Å². The lowest BCUT2D eigenvalue weighted by Crippen LogP contribution is -2.38. The van der Waals surface area contributed by atoms with Crippen LogP contribution in [-0.4, -0.2) is 78.4 Å². The molecule has 0 atom stereocenters. The minimum absolute atomic E-state index is 0.149. The Morgan fingerprint density at radius 1 is 0.893 bits per heavy atom. The SMILES string of the molecule is CNCCN(CCCSCC(=O)C(C)(C)C)C(=O)CCSCCNC(C)(C)C. The molecule has 0 bridgehead atoms. The van der Waals surface area contributed by atoms with Gasteiger partial charge in [0, 0.05) is 55.1 Å². The molecule has 0 rings (SSSR count). The summed E-state index contributed by atoms with van der Waals surface area (Å²) in [5.74, 6) is 3.90. The Bertz CT molecular complexity index is 446. The number of rotatable bonds is 15. The highest BCUT2D eigenvalue weighted by Crippen LogP contribution is 2.18. The largest absolute Gasteiger partial charge is 0.341 e. The summed E-state index contributed by atoms with van der Waals surface area (Å²) in [6, 6.07) is 0. The van der Waals surface area contributed by atoms with Gasteiger partial charge in [0.2, 0.25) is 5.91 Å². The lowest BCUT2D eigenvalue weighted by molar-refractivity contribution is -0.130. The number of nitrogens with zero attached hydrogens (tertiary/aromatic N) is 1. The topological polar surface area (TPSA) is 61.4 Å². The van der Waals surface area contributed by atoms with Crippen LogP contribution in [0.15, 0.2) is 0 Å².